The van der Waals surface area contributed by atoms with Crippen LogP contribution in [0.25, 0.3) is 0 Å². The van der Waals surface area contributed by atoms with Gasteiger partial charge in [0.1, 0.15) is 5.75 Å². The van der Waals surface area contributed by atoms with Crippen molar-refractivity contribution in [2.24, 2.45) is 0 Å². The minimum atomic E-state index is -0.421. The lowest BCUT2D eigenvalue weighted by molar-refractivity contribution is 0.0702. The summed E-state index contributed by atoms with van der Waals surface area (Å²) in [6.45, 7) is 8.08. The Hall–Kier alpha value is -1.35. The second-order valence-electron chi connectivity index (χ2n) is 5.76. The summed E-state index contributed by atoms with van der Waals surface area (Å²) < 4.78 is 5.19. The number of ketones is 1. The number of likely N-dealkylation sites (tertiary alicyclic amines) is 1. The molecule has 2 rings (SSSR count). The Balaban J connectivity index is 2.27. The molecule has 1 aliphatic rings. The third-order valence-corrected chi connectivity index (χ3v) is 4.13. The molecule has 1 aliphatic heterocycles. The SMILES string of the molecule is COc1ccc(C(=O)C(C)(C)N2CCCC2)c(C)c1. The zero-order valence-electron chi connectivity index (χ0n) is 12.3. The van der Waals surface area contributed by atoms with Crippen LogP contribution in [-0.4, -0.2) is 36.4 Å². The van der Waals surface area contributed by atoms with Crippen LogP contribution in [0.2, 0.25) is 0 Å². The molecule has 0 N–H and O–H groups in total. The number of ether oxygens (including phenoxy) is 1. The van der Waals surface area contributed by atoms with Gasteiger partial charge in [-0.15, -0.1) is 0 Å². The Kier molecular flexibility index (Phi) is 3.95. The van der Waals surface area contributed by atoms with Crippen molar-refractivity contribution in [1.29, 1.82) is 0 Å². The average molecular weight is 261 g/mol. The van der Waals surface area contributed by atoms with E-state index in [-0.39, 0.29) is 5.78 Å². The Morgan fingerprint density at radius 2 is 1.89 bits per heavy atom. The number of hydrogen-bond donors (Lipinski definition) is 0. The molecule has 0 amide bonds. The van der Waals surface area contributed by atoms with Crippen LogP contribution in [0.5, 0.6) is 5.75 Å². The molecule has 0 spiro atoms. The van der Waals surface area contributed by atoms with Crippen molar-refractivity contribution in [2.75, 3.05) is 20.2 Å². The summed E-state index contributed by atoms with van der Waals surface area (Å²) in [6.07, 6.45) is 2.39. The molecule has 0 unspecified atom stereocenters. The van der Waals surface area contributed by atoms with Crippen molar-refractivity contribution in [3.05, 3.63) is 29.3 Å². The molecule has 3 heteroatoms. The van der Waals surface area contributed by atoms with Crippen LogP contribution in [0.15, 0.2) is 18.2 Å². The number of Topliss-reactive ketones (excluding diaryl/α,β-unsaturated/α-hetero) is 1. The molecule has 19 heavy (non-hydrogen) atoms. The summed E-state index contributed by atoms with van der Waals surface area (Å²) in [4.78, 5) is 15.1. The predicted molar refractivity (Wildman–Crippen MR) is 76.9 cm³/mol. The molecule has 0 radical (unpaired) electrons. The summed E-state index contributed by atoms with van der Waals surface area (Å²) in [6, 6.07) is 5.67. The second-order valence-corrected chi connectivity index (χ2v) is 5.76. The quantitative estimate of drug-likeness (QED) is 0.780. The zero-order chi connectivity index (χ0) is 14.0. The van der Waals surface area contributed by atoms with Crippen LogP contribution in [-0.2, 0) is 0 Å². The molecular formula is C16H23NO2. The number of aryl methyl sites for hydroxylation is 1. The first-order chi connectivity index (χ1) is 8.96. The number of rotatable bonds is 4. The van der Waals surface area contributed by atoms with Gasteiger partial charge in [-0.1, -0.05) is 0 Å². The first-order valence-corrected chi connectivity index (χ1v) is 6.91. The maximum Gasteiger partial charge on any atom is 0.182 e. The molecule has 1 heterocycles. The van der Waals surface area contributed by atoms with E-state index in [1.165, 1.54) is 12.8 Å². The molecule has 1 fully saturated rings. The fraction of sp³-hybridized carbons (Fsp3) is 0.562. The van der Waals surface area contributed by atoms with E-state index in [1.807, 2.05) is 39.0 Å². The Morgan fingerprint density at radius 3 is 2.42 bits per heavy atom. The van der Waals surface area contributed by atoms with Gasteiger partial charge in [-0.2, -0.15) is 0 Å². The molecule has 0 saturated carbocycles. The second kappa shape index (κ2) is 5.33. The number of benzene rings is 1. The highest BCUT2D eigenvalue weighted by Crippen LogP contribution is 2.27. The highest BCUT2D eigenvalue weighted by molar-refractivity contribution is 6.03. The number of methoxy groups -OCH3 is 1. The van der Waals surface area contributed by atoms with Crippen LogP contribution in [0.4, 0.5) is 0 Å². The number of carbonyl (C=O) groups is 1. The van der Waals surface area contributed by atoms with Gasteiger partial charge in [0.25, 0.3) is 0 Å². The highest BCUT2D eigenvalue weighted by Gasteiger charge is 2.36. The van der Waals surface area contributed by atoms with Gasteiger partial charge in [-0.25, -0.2) is 0 Å². The third-order valence-electron chi connectivity index (χ3n) is 4.13. The van der Waals surface area contributed by atoms with Gasteiger partial charge < -0.3 is 4.74 Å². The Bertz CT molecular complexity index is 474. The van der Waals surface area contributed by atoms with E-state index in [0.29, 0.717) is 0 Å². The predicted octanol–water partition coefficient (Wildman–Crippen LogP) is 3.06. The van der Waals surface area contributed by atoms with Crippen LogP contribution < -0.4 is 4.74 Å². The van der Waals surface area contributed by atoms with Gasteiger partial charge in [-0.3, -0.25) is 9.69 Å². The van der Waals surface area contributed by atoms with Crippen molar-refractivity contribution in [3.63, 3.8) is 0 Å². The lowest BCUT2D eigenvalue weighted by Crippen LogP contribution is -2.48. The van der Waals surface area contributed by atoms with Crippen molar-refractivity contribution < 1.29 is 9.53 Å². The first kappa shape index (κ1) is 14.1. The Labute approximate surface area is 115 Å². The van der Waals surface area contributed by atoms with E-state index in [4.69, 9.17) is 4.74 Å². The summed E-state index contributed by atoms with van der Waals surface area (Å²) in [5.74, 6) is 1.00. The lowest BCUT2D eigenvalue weighted by atomic mass is 9.89. The highest BCUT2D eigenvalue weighted by atomic mass is 16.5. The first-order valence-electron chi connectivity index (χ1n) is 6.91. The monoisotopic (exact) mass is 261 g/mol. The molecule has 0 atom stereocenters. The molecule has 0 aliphatic carbocycles. The standard InChI is InChI=1S/C16H23NO2/c1-12-11-13(19-4)7-8-14(12)15(18)16(2,3)17-9-5-6-10-17/h7-8,11H,5-6,9-10H2,1-4H3. The topological polar surface area (TPSA) is 29.5 Å². The van der Waals surface area contributed by atoms with Crippen LogP contribution in [0.3, 0.4) is 0 Å². The minimum absolute atomic E-state index is 0.203. The molecule has 0 aromatic heterocycles. The van der Waals surface area contributed by atoms with Crippen molar-refractivity contribution in [2.45, 2.75) is 39.2 Å². The normalized spacial score (nSPS) is 16.6. The zero-order valence-corrected chi connectivity index (χ0v) is 12.3. The fourth-order valence-corrected chi connectivity index (χ4v) is 2.77. The van der Waals surface area contributed by atoms with E-state index in [1.54, 1.807) is 7.11 Å². The van der Waals surface area contributed by atoms with E-state index in [0.717, 1.165) is 30.0 Å². The summed E-state index contributed by atoms with van der Waals surface area (Å²) in [5.41, 5.74) is 1.37. The minimum Gasteiger partial charge on any atom is -0.497 e. The van der Waals surface area contributed by atoms with Gasteiger partial charge in [0.05, 0.1) is 12.6 Å². The maximum atomic E-state index is 12.8. The molecule has 3 nitrogen and oxygen atoms in total. The van der Waals surface area contributed by atoms with E-state index >= 15 is 0 Å². The smallest absolute Gasteiger partial charge is 0.182 e. The number of carbonyl (C=O) groups excluding carboxylic acids is 1. The van der Waals surface area contributed by atoms with Crippen LogP contribution in [0, 0.1) is 6.92 Å². The van der Waals surface area contributed by atoms with E-state index < -0.39 is 5.54 Å². The molecule has 104 valence electrons. The van der Waals surface area contributed by atoms with Gasteiger partial charge in [0.2, 0.25) is 0 Å². The van der Waals surface area contributed by atoms with Gasteiger partial charge in [0, 0.05) is 5.56 Å². The van der Waals surface area contributed by atoms with Gasteiger partial charge in [-0.05, 0) is 70.5 Å². The lowest BCUT2D eigenvalue weighted by Gasteiger charge is -2.34. The summed E-state index contributed by atoms with van der Waals surface area (Å²) >= 11 is 0. The molecule has 1 saturated heterocycles. The van der Waals surface area contributed by atoms with Crippen LogP contribution >= 0.6 is 0 Å². The van der Waals surface area contributed by atoms with Crippen molar-refractivity contribution in [3.8, 4) is 5.75 Å². The molecule has 0 bridgehead atoms. The van der Waals surface area contributed by atoms with Gasteiger partial charge in [0.15, 0.2) is 5.78 Å². The summed E-state index contributed by atoms with van der Waals surface area (Å²) in [5, 5.41) is 0. The van der Waals surface area contributed by atoms with Crippen molar-refractivity contribution in [1.82, 2.24) is 4.90 Å². The van der Waals surface area contributed by atoms with E-state index in [2.05, 4.69) is 4.90 Å². The Morgan fingerprint density at radius 1 is 1.26 bits per heavy atom. The summed E-state index contributed by atoms with van der Waals surface area (Å²) in [7, 11) is 1.64. The van der Waals surface area contributed by atoms with Crippen LogP contribution in [0.1, 0.15) is 42.6 Å². The fourth-order valence-electron chi connectivity index (χ4n) is 2.77. The maximum absolute atomic E-state index is 12.8. The number of nitrogens with zero attached hydrogens (tertiary/aromatic N) is 1. The third kappa shape index (κ3) is 2.66. The van der Waals surface area contributed by atoms with Gasteiger partial charge >= 0.3 is 0 Å². The number of hydrogen-bond acceptors (Lipinski definition) is 3. The average Bonchev–Trinajstić information content (AvgIpc) is 2.92. The van der Waals surface area contributed by atoms with E-state index in [9.17, 15) is 4.79 Å². The van der Waals surface area contributed by atoms with Crippen molar-refractivity contribution >= 4 is 5.78 Å². The molecule has 1 aromatic rings. The largest absolute Gasteiger partial charge is 0.497 e. The molecular weight excluding hydrogens is 238 g/mol. The molecule has 1 aromatic carbocycles.